The molecular weight excluding hydrogens is 302 g/mol. The summed E-state index contributed by atoms with van der Waals surface area (Å²) < 4.78 is 5.89. The van der Waals surface area contributed by atoms with Crippen molar-refractivity contribution in [1.29, 1.82) is 0 Å². The predicted molar refractivity (Wildman–Crippen MR) is 81.9 cm³/mol. The number of nitro benzene ring substituents is 1. The lowest BCUT2D eigenvalue weighted by atomic mass is 10.1. The van der Waals surface area contributed by atoms with E-state index in [9.17, 15) is 19.7 Å². The highest BCUT2D eigenvalue weighted by Gasteiger charge is 2.19. The number of benzene rings is 1. The molecule has 0 saturated carbocycles. The van der Waals surface area contributed by atoms with Crippen LogP contribution in [0.5, 0.6) is 0 Å². The topological polar surface area (TPSA) is 104 Å². The second-order valence-electron chi connectivity index (χ2n) is 4.74. The molecule has 0 radical (unpaired) electrons. The molecule has 1 atom stereocenters. The number of nitrogens with zero attached hydrogens (tertiary/aromatic N) is 3. The van der Waals surface area contributed by atoms with Gasteiger partial charge in [-0.1, -0.05) is 12.1 Å². The summed E-state index contributed by atoms with van der Waals surface area (Å²) in [5.41, 5.74) is 0.286. The van der Waals surface area contributed by atoms with E-state index in [0.717, 1.165) is 4.68 Å². The molecule has 0 saturated heterocycles. The van der Waals surface area contributed by atoms with Gasteiger partial charge in [-0.15, -0.1) is 0 Å². The van der Waals surface area contributed by atoms with Gasteiger partial charge in [0.05, 0.1) is 17.2 Å². The molecule has 0 unspecified atom stereocenters. The minimum atomic E-state index is -0.888. The van der Waals surface area contributed by atoms with Crippen LogP contribution in [0.4, 0.5) is 5.69 Å². The molecular formula is C15H15N3O5. The van der Waals surface area contributed by atoms with Gasteiger partial charge in [-0.25, -0.2) is 9.48 Å². The zero-order chi connectivity index (χ0) is 17.0. The van der Waals surface area contributed by atoms with Crippen molar-refractivity contribution in [2.24, 2.45) is 0 Å². The summed E-state index contributed by atoms with van der Waals surface area (Å²) in [6.45, 7) is 3.37. The summed E-state index contributed by atoms with van der Waals surface area (Å²) in [5.74, 6) is -0.571. The second-order valence-corrected chi connectivity index (χ2v) is 4.74. The third kappa shape index (κ3) is 3.60. The molecule has 0 fully saturated rings. The molecule has 0 bridgehead atoms. The molecule has 23 heavy (non-hydrogen) atoms. The molecule has 2 aromatic rings. The third-order valence-electron chi connectivity index (χ3n) is 3.17. The van der Waals surface area contributed by atoms with Crippen molar-refractivity contribution in [2.45, 2.75) is 19.9 Å². The predicted octanol–water partition coefficient (Wildman–Crippen LogP) is 1.94. The van der Waals surface area contributed by atoms with Gasteiger partial charge in [-0.05, 0) is 19.9 Å². The van der Waals surface area contributed by atoms with Gasteiger partial charge < -0.3 is 4.74 Å². The number of ether oxygens (including phenoxy) is 1. The number of non-ortho nitro benzene ring substituents is 1. The van der Waals surface area contributed by atoms with E-state index in [4.69, 9.17) is 4.74 Å². The molecule has 1 heterocycles. The highest BCUT2D eigenvalue weighted by Crippen LogP contribution is 2.21. The molecule has 0 spiro atoms. The number of carbonyl (C=O) groups is 1. The summed E-state index contributed by atoms with van der Waals surface area (Å²) in [6, 6.07) is 7.71. The Morgan fingerprint density at radius 1 is 1.39 bits per heavy atom. The van der Waals surface area contributed by atoms with Crippen molar-refractivity contribution in [3.8, 4) is 11.3 Å². The molecule has 1 aromatic heterocycles. The summed E-state index contributed by atoms with van der Waals surface area (Å²) in [4.78, 5) is 34.0. The van der Waals surface area contributed by atoms with Crippen LogP contribution in [0.25, 0.3) is 11.3 Å². The molecule has 8 nitrogen and oxygen atoms in total. The normalized spacial score (nSPS) is 11.7. The maximum Gasteiger partial charge on any atom is 0.330 e. The Kier molecular flexibility index (Phi) is 4.85. The Labute approximate surface area is 131 Å². The number of hydrogen-bond donors (Lipinski definition) is 0. The fraction of sp³-hybridized carbons (Fsp3) is 0.267. The first-order valence-electron chi connectivity index (χ1n) is 6.95. The first kappa shape index (κ1) is 16.3. The van der Waals surface area contributed by atoms with E-state index >= 15 is 0 Å². The summed E-state index contributed by atoms with van der Waals surface area (Å²) in [6.07, 6.45) is 0. The maximum atomic E-state index is 11.9. The van der Waals surface area contributed by atoms with Gasteiger partial charge >= 0.3 is 5.97 Å². The van der Waals surface area contributed by atoms with Crippen molar-refractivity contribution in [3.63, 3.8) is 0 Å². The van der Waals surface area contributed by atoms with Crippen molar-refractivity contribution >= 4 is 11.7 Å². The monoisotopic (exact) mass is 317 g/mol. The molecule has 1 aromatic carbocycles. The lowest BCUT2D eigenvalue weighted by Crippen LogP contribution is -2.31. The van der Waals surface area contributed by atoms with Crippen molar-refractivity contribution in [3.05, 3.63) is 56.9 Å². The molecule has 0 amide bonds. The Hall–Kier alpha value is -3.03. The summed E-state index contributed by atoms with van der Waals surface area (Å²) >= 11 is 0. The Balaban J connectivity index is 2.45. The molecule has 120 valence electrons. The van der Waals surface area contributed by atoms with Crippen molar-refractivity contribution in [2.75, 3.05) is 6.61 Å². The molecule has 2 rings (SSSR count). The third-order valence-corrected chi connectivity index (χ3v) is 3.17. The van der Waals surface area contributed by atoms with Gasteiger partial charge in [0.25, 0.3) is 11.2 Å². The van der Waals surface area contributed by atoms with Gasteiger partial charge in [-0.3, -0.25) is 14.9 Å². The van der Waals surface area contributed by atoms with E-state index < -0.39 is 22.5 Å². The van der Waals surface area contributed by atoms with Crippen LogP contribution >= 0.6 is 0 Å². The summed E-state index contributed by atoms with van der Waals surface area (Å²) in [7, 11) is 0. The molecule has 0 aliphatic heterocycles. The second kappa shape index (κ2) is 6.82. The number of aromatic nitrogens is 2. The standard InChI is InChI=1S/C15H15N3O5/c1-3-23-15(20)10(2)17-14(19)8-7-13(16-17)11-5-4-6-12(9-11)18(21)22/h4-10H,3H2,1-2H3/t10-/m1/s1. The Morgan fingerprint density at radius 3 is 2.78 bits per heavy atom. The highest BCUT2D eigenvalue weighted by atomic mass is 16.6. The Morgan fingerprint density at radius 2 is 2.13 bits per heavy atom. The molecule has 0 aliphatic carbocycles. The average Bonchev–Trinajstić information content (AvgIpc) is 2.55. The van der Waals surface area contributed by atoms with Crippen LogP contribution < -0.4 is 5.56 Å². The summed E-state index contributed by atoms with van der Waals surface area (Å²) in [5, 5.41) is 15.0. The average molecular weight is 317 g/mol. The van der Waals surface area contributed by atoms with E-state index in [1.807, 2.05) is 0 Å². The minimum Gasteiger partial charge on any atom is -0.464 e. The number of hydrogen-bond acceptors (Lipinski definition) is 6. The van der Waals surface area contributed by atoms with Crippen LogP contribution in [-0.4, -0.2) is 27.3 Å². The van der Waals surface area contributed by atoms with Gasteiger partial charge in [-0.2, -0.15) is 5.10 Å². The number of nitro groups is 1. The van der Waals surface area contributed by atoms with E-state index in [1.54, 1.807) is 13.0 Å². The van der Waals surface area contributed by atoms with Gasteiger partial charge in [0.1, 0.15) is 0 Å². The number of esters is 1. The molecule has 8 heteroatoms. The molecule has 0 N–H and O–H groups in total. The fourth-order valence-corrected chi connectivity index (χ4v) is 2.00. The minimum absolute atomic E-state index is 0.0829. The van der Waals surface area contributed by atoms with Gasteiger partial charge in [0, 0.05) is 23.8 Å². The highest BCUT2D eigenvalue weighted by molar-refractivity contribution is 5.73. The number of rotatable bonds is 5. The maximum absolute atomic E-state index is 11.9. The van der Waals surface area contributed by atoms with Crippen LogP contribution in [0, 0.1) is 10.1 Å². The van der Waals surface area contributed by atoms with E-state index in [1.165, 1.54) is 37.3 Å². The lowest BCUT2D eigenvalue weighted by Gasteiger charge is -2.13. The lowest BCUT2D eigenvalue weighted by molar-refractivity contribution is -0.384. The Bertz CT molecular complexity index is 800. The van der Waals surface area contributed by atoms with Crippen LogP contribution in [0.1, 0.15) is 19.9 Å². The van der Waals surface area contributed by atoms with E-state index in [0.29, 0.717) is 11.3 Å². The smallest absolute Gasteiger partial charge is 0.330 e. The van der Waals surface area contributed by atoms with Crippen LogP contribution in [0.3, 0.4) is 0 Å². The van der Waals surface area contributed by atoms with Crippen molar-refractivity contribution < 1.29 is 14.5 Å². The van der Waals surface area contributed by atoms with E-state index in [2.05, 4.69) is 5.10 Å². The SMILES string of the molecule is CCOC(=O)[C@@H](C)n1nc(-c2cccc([N+](=O)[O-])c2)ccc1=O. The van der Waals surface area contributed by atoms with E-state index in [-0.39, 0.29) is 12.3 Å². The van der Waals surface area contributed by atoms with Crippen LogP contribution in [0.2, 0.25) is 0 Å². The quantitative estimate of drug-likeness (QED) is 0.474. The first-order valence-corrected chi connectivity index (χ1v) is 6.95. The fourth-order valence-electron chi connectivity index (χ4n) is 2.00. The largest absolute Gasteiger partial charge is 0.464 e. The van der Waals surface area contributed by atoms with Crippen LogP contribution in [0.15, 0.2) is 41.2 Å². The van der Waals surface area contributed by atoms with Crippen LogP contribution in [-0.2, 0) is 9.53 Å². The first-order chi connectivity index (χ1) is 10.9. The zero-order valence-corrected chi connectivity index (χ0v) is 12.6. The molecule has 0 aliphatic rings. The number of carbonyl (C=O) groups excluding carboxylic acids is 1. The zero-order valence-electron chi connectivity index (χ0n) is 12.6. The van der Waals surface area contributed by atoms with Gasteiger partial charge in [0.2, 0.25) is 0 Å². The van der Waals surface area contributed by atoms with Gasteiger partial charge in [0.15, 0.2) is 6.04 Å². The van der Waals surface area contributed by atoms with Crippen molar-refractivity contribution in [1.82, 2.24) is 9.78 Å².